The van der Waals surface area contributed by atoms with E-state index in [0.29, 0.717) is 50.7 Å². The molecule has 0 radical (unpaired) electrons. The Bertz CT molecular complexity index is 1710. The summed E-state index contributed by atoms with van der Waals surface area (Å²) in [6, 6.07) is 18.7. The van der Waals surface area contributed by atoms with Crippen molar-refractivity contribution in [3.05, 3.63) is 91.8 Å². The van der Waals surface area contributed by atoms with E-state index in [1.807, 2.05) is 25.1 Å². The van der Waals surface area contributed by atoms with Crippen LogP contribution in [0.5, 0.6) is 11.5 Å². The van der Waals surface area contributed by atoms with E-state index in [2.05, 4.69) is 91.6 Å². The minimum absolute atomic E-state index is 0.118. The number of Topliss-reactive ketones (excluding diaryl/α,β-unsaturated/α-hetero) is 2. The molecule has 7 heteroatoms. The number of fused-ring (bicyclic) bond motifs is 1. The average Bonchev–Trinajstić information content (AvgIpc) is 2.98. The van der Waals surface area contributed by atoms with Crippen LogP contribution in [-0.4, -0.2) is 43.3 Å². The van der Waals surface area contributed by atoms with E-state index in [1.54, 1.807) is 7.11 Å². The Morgan fingerprint density at radius 3 is 2.11 bits per heavy atom. The van der Waals surface area contributed by atoms with Crippen LogP contribution in [0.1, 0.15) is 77.3 Å². The maximum Gasteiger partial charge on any atom is 0.174 e. The van der Waals surface area contributed by atoms with Gasteiger partial charge in [-0.3, -0.25) is 9.59 Å². The van der Waals surface area contributed by atoms with Gasteiger partial charge in [0.25, 0.3) is 0 Å². The van der Waals surface area contributed by atoms with Crippen molar-refractivity contribution in [3.63, 3.8) is 0 Å². The highest BCUT2D eigenvalue weighted by Gasteiger charge is 2.49. The van der Waals surface area contributed by atoms with Crippen molar-refractivity contribution < 1.29 is 23.8 Å². The van der Waals surface area contributed by atoms with Crippen molar-refractivity contribution in [3.8, 4) is 11.5 Å². The molecule has 0 atom stereocenters. The smallest absolute Gasteiger partial charge is 0.174 e. The van der Waals surface area contributed by atoms with Crippen LogP contribution in [0, 0.1) is 14.4 Å². The quantitative estimate of drug-likeness (QED) is 0.205. The molecule has 3 aromatic rings. The van der Waals surface area contributed by atoms with Crippen molar-refractivity contribution in [1.82, 2.24) is 4.90 Å². The number of allylic oxidation sites excluding steroid dienone is 4. The van der Waals surface area contributed by atoms with E-state index in [9.17, 15) is 9.59 Å². The van der Waals surface area contributed by atoms with Crippen LogP contribution in [0.4, 0.5) is 0 Å². The Morgan fingerprint density at radius 1 is 0.848 bits per heavy atom. The third-order valence-corrected chi connectivity index (χ3v) is 10.3. The third-order valence-electron chi connectivity index (χ3n) is 9.46. The van der Waals surface area contributed by atoms with Crippen molar-refractivity contribution in [1.29, 1.82) is 0 Å². The molecule has 46 heavy (non-hydrogen) atoms. The lowest BCUT2D eigenvalue weighted by atomic mass is 9.63. The Hall–Kier alpha value is -3.17. The summed E-state index contributed by atoms with van der Waals surface area (Å²) in [5.74, 6) is 1.09. The highest BCUT2D eigenvalue weighted by Crippen LogP contribution is 2.55. The fraction of sp³-hybridized carbons (Fsp3) is 0.436. The van der Waals surface area contributed by atoms with Crippen LogP contribution >= 0.6 is 22.6 Å². The van der Waals surface area contributed by atoms with E-state index in [4.69, 9.17) is 14.2 Å². The van der Waals surface area contributed by atoms with E-state index in [1.165, 1.54) is 5.39 Å². The molecule has 242 valence electrons. The molecule has 0 saturated heterocycles. The SMILES string of the molecule is CCOc1cc(C2C3=C(CC(C)(C)CC3=O)N(CCOC)C3=C2C(=O)CC(C)(C)C3)cc(I)c1OCc1cccc2ccccc12. The number of ether oxygens (including phenoxy) is 3. The lowest BCUT2D eigenvalue weighted by Gasteiger charge is -2.49. The van der Waals surface area contributed by atoms with Crippen molar-refractivity contribution >= 4 is 44.9 Å². The number of methoxy groups -OCH3 is 1. The number of carbonyl (C=O) groups excluding carboxylic acids is 2. The highest BCUT2D eigenvalue weighted by atomic mass is 127. The first-order valence-corrected chi connectivity index (χ1v) is 17.4. The van der Waals surface area contributed by atoms with Gasteiger partial charge in [-0.15, -0.1) is 0 Å². The number of benzene rings is 3. The summed E-state index contributed by atoms with van der Waals surface area (Å²) >= 11 is 2.31. The average molecular weight is 734 g/mol. The number of hydrogen-bond acceptors (Lipinski definition) is 6. The fourth-order valence-electron chi connectivity index (χ4n) is 7.56. The number of carbonyl (C=O) groups is 2. The molecule has 0 fully saturated rings. The molecule has 3 aliphatic rings. The number of nitrogens with zero attached hydrogens (tertiary/aromatic N) is 1. The van der Waals surface area contributed by atoms with Crippen LogP contribution in [0.15, 0.2) is 77.1 Å². The molecule has 1 aliphatic heterocycles. The van der Waals surface area contributed by atoms with Gasteiger partial charge in [-0.25, -0.2) is 0 Å². The number of ketones is 2. The molecule has 0 N–H and O–H groups in total. The first-order valence-electron chi connectivity index (χ1n) is 16.3. The Labute approximate surface area is 286 Å². The van der Waals surface area contributed by atoms with Gasteiger partial charge in [0, 0.05) is 55.0 Å². The molecule has 0 spiro atoms. The molecule has 0 bridgehead atoms. The molecule has 3 aromatic carbocycles. The summed E-state index contributed by atoms with van der Waals surface area (Å²) < 4.78 is 19.2. The van der Waals surface area contributed by atoms with Crippen molar-refractivity contribution in [2.75, 3.05) is 26.9 Å². The highest BCUT2D eigenvalue weighted by molar-refractivity contribution is 14.1. The molecule has 0 unspecified atom stereocenters. The summed E-state index contributed by atoms with van der Waals surface area (Å²) in [5.41, 5.74) is 5.23. The summed E-state index contributed by atoms with van der Waals surface area (Å²) in [4.78, 5) is 30.6. The molecule has 0 amide bonds. The second-order valence-corrected chi connectivity index (χ2v) is 15.5. The molecule has 0 aromatic heterocycles. The first kappa shape index (κ1) is 32.8. The van der Waals surface area contributed by atoms with Crippen LogP contribution in [0.25, 0.3) is 10.8 Å². The van der Waals surface area contributed by atoms with Gasteiger partial charge >= 0.3 is 0 Å². The Kier molecular flexibility index (Phi) is 9.11. The van der Waals surface area contributed by atoms with E-state index in [-0.39, 0.29) is 22.4 Å². The number of rotatable bonds is 9. The van der Waals surface area contributed by atoms with Gasteiger partial charge in [-0.1, -0.05) is 70.2 Å². The summed E-state index contributed by atoms with van der Waals surface area (Å²) in [6.07, 6.45) is 2.43. The van der Waals surface area contributed by atoms with Crippen molar-refractivity contribution in [2.45, 2.75) is 72.8 Å². The van der Waals surface area contributed by atoms with Crippen molar-refractivity contribution in [2.24, 2.45) is 10.8 Å². The van der Waals surface area contributed by atoms with Gasteiger partial charge in [-0.2, -0.15) is 0 Å². The number of halogens is 1. The molecule has 2 aliphatic carbocycles. The number of hydrogen-bond donors (Lipinski definition) is 0. The minimum Gasteiger partial charge on any atom is -0.490 e. The summed E-state index contributed by atoms with van der Waals surface area (Å²) in [5, 5.41) is 2.33. The summed E-state index contributed by atoms with van der Waals surface area (Å²) in [6.45, 7) is 12.6. The van der Waals surface area contributed by atoms with Gasteiger partial charge in [0.05, 0.1) is 16.8 Å². The van der Waals surface area contributed by atoms with Gasteiger partial charge in [0.15, 0.2) is 23.1 Å². The van der Waals surface area contributed by atoms with Crippen LogP contribution in [0.2, 0.25) is 0 Å². The molecule has 0 saturated carbocycles. The standard InChI is InChI=1S/C39H44INO5/c1-7-45-33-18-26(17-28(40)37(33)46-23-25-13-10-12-24-11-8-9-14-27(24)25)34-35-29(19-38(2,3)21-31(35)42)41(15-16-44-6)30-20-39(4,5)22-32(43)36(30)34/h8-14,17-18,34H,7,15-16,19-23H2,1-6H3. The molecular formula is C39H44INO5. The van der Waals surface area contributed by atoms with E-state index >= 15 is 0 Å². The molecule has 1 heterocycles. The maximum atomic E-state index is 14.2. The largest absolute Gasteiger partial charge is 0.490 e. The predicted molar refractivity (Wildman–Crippen MR) is 190 cm³/mol. The summed E-state index contributed by atoms with van der Waals surface area (Å²) in [7, 11) is 1.70. The Balaban J connectivity index is 1.48. The van der Waals surface area contributed by atoms with E-state index in [0.717, 1.165) is 55.5 Å². The molecular weight excluding hydrogens is 689 g/mol. The zero-order chi connectivity index (χ0) is 32.8. The van der Waals surface area contributed by atoms with Gasteiger partial charge in [0.2, 0.25) is 0 Å². The first-order chi connectivity index (χ1) is 21.9. The molecule has 6 rings (SSSR count). The topological polar surface area (TPSA) is 65.1 Å². The zero-order valence-corrected chi connectivity index (χ0v) is 30.0. The Morgan fingerprint density at radius 2 is 1.48 bits per heavy atom. The second kappa shape index (κ2) is 12.8. The third kappa shape index (κ3) is 6.25. The minimum atomic E-state index is -0.448. The maximum absolute atomic E-state index is 14.2. The van der Waals surface area contributed by atoms with Gasteiger partial charge in [-0.05, 0) is 87.2 Å². The normalized spacial score (nSPS) is 19.4. The molecule has 6 nitrogen and oxygen atoms in total. The monoisotopic (exact) mass is 733 g/mol. The second-order valence-electron chi connectivity index (χ2n) is 14.4. The van der Waals surface area contributed by atoms with Crippen LogP contribution in [-0.2, 0) is 20.9 Å². The van der Waals surface area contributed by atoms with Gasteiger partial charge in [0.1, 0.15) is 6.61 Å². The van der Waals surface area contributed by atoms with E-state index < -0.39 is 5.92 Å². The fourth-order valence-corrected chi connectivity index (χ4v) is 8.34. The van der Waals surface area contributed by atoms with Crippen LogP contribution < -0.4 is 9.47 Å². The zero-order valence-electron chi connectivity index (χ0n) is 27.8. The predicted octanol–water partition coefficient (Wildman–Crippen LogP) is 8.75. The van der Waals surface area contributed by atoms with Gasteiger partial charge < -0.3 is 19.1 Å². The van der Waals surface area contributed by atoms with Crippen LogP contribution in [0.3, 0.4) is 0 Å². The lowest BCUT2D eigenvalue weighted by Crippen LogP contribution is -2.45. The lowest BCUT2D eigenvalue weighted by molar-refractivity contribution is -0.119.